The molecule has 8 nitrogen and oxygen atoms in total. The van der Waals surface area contributed by atoms with Crippen LogP contribution in [-0.4, -0.2) is 48.5 Å². The van der Waals surface area contributed by atoms with Crippen LogP contribution in [0.1, 0.15) is 6.42 Å². The van der Waals surface area contributed by atoms with Crippen LogP contribution in [0.25, 0.3) is 0 Å². The van der Waals surface area contributed by atoms with Crippen molar-refractivity contribution >= 4 is 22.1 Å². The number of hydrogen-bond donors (Lipinski definition) is 2. The van der Waals surface area contributed by atoms with Crippen LogP contribution in [0, 0.1) is 0 Å². The van der Waals surface area contributed by atoms with Crippen molar-refractivity contribution in [2.45, 2.75) is 11.7 Å². The van der Waals surface area contributed by atoms with Crippen molar-refractivity contribution in [3.8, 4) is 0 Å². The second-order valence-electron chi connectivity index (χ2n) is 2.47. The van der Waals surface area contributed by atoms with Crippen LogP contribution in [0.4, 0.5) is 0 Å². The van der Waals surface area contributed by atoms with Crippen molar-refractivity contribution in [2.24, 2.45) is 0 Å². The van der Waals surface area contributed by atoms with Crippen LogP contribution in [0.3, 0.4) is 0 Å². The number of carbonyl (C=O) groups excluding carboxylic acids is 2. The number of aliphatic carboxylic acids is 1. The van der Waals surface area contributed by atoms with Crippen LogP contribution in [0.5, 0.6) is 0 Å². The van der Waals surface area contributed by atoms with Gasteiger partial charge in [0.25, 0.3) is 10.1 Å². The molecule has 0 aromatic rings. The Bertz CT molecular complexity index is 336. The fourth-order valence-electron chi connectivity index (χ4n) is 0.701. The Morgan fingerprint density at radius 2 is 1.88 bits per heavy atom. The third-order valence-electron chi connectivity index (χ3n) is 1.31. The first-order chi connectivity index (χ1) is 6.79. The molecular formula is C6H9NaO8S. The summed E-state index contributed by atoms with van der Waals surface area (Å²) in [7, 11) is -4.87. The smallest absolute Gasteiger partial charge is 0.550 e. The molecule has 0 spiro atoms. The van der Waals surface area contributed by atoms with Crippen LogP contribution in [0.2, 0.25) is 0 Å². The molecule has 0 heterocycles. The van der Waals surface area contributed by atoms with Gasteiger partial charge in [-0.05, 0) is 0 Å². The fourth-order valence-corrected chi connectivity index (χ4v) is 1.36. The predicted octanol–water partition coefficient (Wildman–Crippen LogP) is -6.08. The Morgan fingerprint density at radius 1 is 1.38 bits per heavy atom. The summed E-state index contributed by atoms with van der Waals surface area (Å²) in [5.41, 5.74) is 0. The number of ether oxygens (including phenoxy) is 1. The molecule has 1 atom stereocenters. The number of rotatable bonds is 6. The molecule has 0 rings (SSSR count). The number of hydrogen-bond acceptors (Lipinski definition) is 7. The van der Waals surface area contributed by atoms with Crippen LogP contribution in [-0.2, 0) is 24.4 Å². The van der Waals surface area contributed by atoms with Gasteiger partial charge in [0.2, 0.25) is 0 Å². The predicted molar refractivity (Wildman–Crippen MR) is 43.0 cm³/mol. The van der Waals surface area contributed by atoms with Gasteiger partial charge in [-0.3, -0.25) is 9.35 Å². The van der Waals surface area contributed by atoms with E-state index in [0.717, 1.165) is 0 Å². The molecular weight excluding hydrogens is 255 g/mol. The molecule has 0 bridgehead atoms. The van der Waals surface area contributed by atoms with Gasteiger partial charge in [-0.2, -0.15) is 8.42 Å². The summed E-state index contributed by atoms with van der Waals surface area (Å²) in [6, 6.07) is 0. The molecule has 0 saturated carbocycles. The average molecular weight is 264 g/mol. The van der Waals surface area contributed by atoms with Crippen molar-refractivity contribution in [1.29, 1.82) is 0 Å². The molecule has 10 heteroatoms. The van der Waals surface area contributed by atoms with E-state index in [9.17, 15) is 23.1 Å². The van der Waals surface area contributed by atoms with Crippen molar-refractivity contribution in [2.75, 3.05) is 13.2 Å². The maximum Gasteiger partial charge on any atom is 1.00 e. The minimum absolute atomic E-state index is 0. The van der Waals surface area contributed by atoms with E-state index in [1.807, 2.05) is 0 Å². The Labute approximate surface area is 114 Å². The number of esters is 1. The average Bonchev–Trinajstić information content (AvgIpc) is 2.08. The number of carbonyl (C=O) groups is 2. The molecule has 0 saturated heterocycles. The number of carboxylic acids is 1. The summed E-state index contributed by atoms with van der Waals surface area (Å²) in [5, 5.41) is 16.1. The van der Waals surface area contributed by atoms with E-state index >= 15 is 0 Å². The molecule has 0 aliphatic carbocycles. The van der Waals surface area contributed by atoms with Gasteiger partial charge >= 0.3 is 35.5 Å². The van der Waals surface area contributed by atoms with E-state index in [4.69, 9.17) is 9.66 Å². The molecule has 1 unspecified atom stereocenters. The number of aliphatic hydroxyl groups is 1. The van der Waals surface area contributed by atoms with Gasteiger partial charge in [0.05, 0.1) is 6.61 Å². The molecule has 16 heavy (non-hydrogen) atoms. The molecule has 88 valence electrons. The summed E-state index contributed by atoms with van der Waals surface area (Å²) in [4.78, 5) is 21.0. The van der Waals surface area contributed by atoms with E-state index in [0.29, 0.717) is 0 Å². The third kappa shape index (κ3) is 7.14. The van der Waals surface area contributed by atoms with Crippen molar-refractivity contribution in [3.63, 3.8) is 0 Å². The van der Waals surface area contributed by atoms with E-state index in [-0.39, 0.29) is 29.6 Å². The SMILES string of the molecule is O=C([O-])CC(C(=O)OCCO)S(=O)(=O)O.[Na+]. The molecule has 2 N–H and O–H groups in total. The van der Waals surface area contributed by atoms with E-state index < -0.39 is 46.9 Å². The van der Waals surface area contributed by atoms with Gasteiger partial charge in [0.15, 0.2) is 5.25 Å². The van der Waals surface area contributed by atoms with Crippen molar-refractivity contribution in [3.05, 3.63) is 0 Å². The number of carboxylic acid groups (broad SMARTS) is 1. The normalized spacial score (nSPS) is 12.4. The van der Waals surface area contributed by atoms with Gasteiger partial charge in [-0.15, -0.1) is 0 Å². The zero-order valence-corrected chi connectivity index (χ0v) is 11.3. The third-order valence-corrected chi connectivity index (χ3v) is 2.39. The largest absolute Gasteiger partial charge is 1.00 e. The Kier molecular flexibility index (Phi) is 9.07. The van der Waals surface area contributed by atoms with E-state index in [2.05, 4.69) is 4.74 Å². The maximum absolute atomic E-state index is 10.9. The Hall–Kier alpha value is -0.190. The number of aliphatic hydroxyl groups excluding tert-OH is 1. The molecule has 0 amide bonds. The first-order valence-electron chi connectivity index (χ1n) is 3.72. The van der Waals surface area contributed by atoms with Crippen LogP contribution >= 0.6 is 0 Å². The summed E-state index contributed by atoms with van der Waals surface area (Å²) >= 11 is 0. The first kappa shape index (κ1) is 18.2. The summed E-state index contributed by atoms with van der Waals surface area (Å²) < 4.78 is 33.8. The second kappa shape index (κ2) is 7.98. The quantitative estimate of drug-likeness (QED) is 0.274. The summed E-state index contributed by atoms with van der Waals surface area (Å²) in [6.07, 6.45) is -1.21. The summed E-state index contributed by atoms with van der Waals surface area (Å²) in [5.74, 6) is -3.27. The molecule has 0 aliphatic heterocycles. The van der Waals surface area contributed by atoms with Crippen molar-refractivity contribution in [1.82, 2.24) is 0 Å². The zero-order chi connectivity index (χ0) is 12.1. The molecule has 0 aromatic carbocycles. The Morgan fingerprint density at radius 3 is 2.19 bits per heavy atom. The molecule has 0 radical (unpaired) electrons. The van der Waals surface area contributed by atoms with Crippen LogP contribution < -0.4 is 34.7 Å². The Balaban J connectivity index is 0. The van der Waals surface area contributed by atoms with Gasteiger partial charge in [-0.1, -0.05) is 0 Å². The fraction of sp³-hybridized carbons (Fsp3) is 0.667. The van der Waals surface area contributed by atoms with Gasteiger partial charge < -0.3 is 19.7 Å². The maximum atomic E-state index is 10.9. The minimum atomic E-state index is -4.87. The van der Waals surface area contributed by atoms with Gasteiger partial charge in [0.1, 0.15) is 6.61 Å². The molecule has 0 fully saturated rings. The monoisotopic (exact) mass is 264 g/mol. The first-order valence-corrected chi connectivity index (χ1v) is 5.23. The van der Waals surface area contributed by atoms with E-state index in [1.54, 1.807) is 0 Å². The molecule has 0 aliphatic rings. The summed E-state index contributed by atoms with van der Waals surface area (Å²) in [6.45, 7) is -1.03. The molecule has 0 aromatic heterocycles. The van der Waals surface area contributed by atoms with Crippen LogP contribution in [0.15, 0.2) is 0 Å². The second-order valence-corrected chi connectivity index (χ2v) is 4.07. The topological polar surface area (TPSA) is 141 Å². The zero-order valence-electron chi connectivity index (χ0n) is 8.45. The van der Waals surface area contributed by atoms with Crippen molar-refractivity contribution < 1.29 is 67.1 Å². The van der Waals surface area contributed by atoms with Gasteiger partial charge in [-0.25, -0.2) is 0 Å². The van der Waals surface area contributed by atoms with Gasteiger partial charge in [0, 0.05) is 12.4 Å². The van der Waals surface area contributed by atoms with E-state index in [1.165, 1.54) is 0 Å². The minimum Gasteiger partial charge on any atom is -0.550 e. The standard InChI is InChI=1S/C6H10O8S.Na/c7-1-2-14-6(10)4(3-5(8)9)15(11,12)13;/h4,7H,1-3H2,(H,8,9)(H,11,12,13);/q;+1/p-1.